The van der Waals surface area contributed by atoms with Crippen LogP contribution in [-0.2, 0) is 6.42 Å². The number of benzene rings is 1. The van der Waals surface area contributed by atoms with Crippen LogP contribution in [0.15, 0.2) is 36.7 Å². The number of nitrogens with one attached hydrogen (secondary N) is 1. The molecule has 0 aliphatic rings. The molecule has 3 N–H and O–H groups in total. The Balaban J connectivity index is 2.17. The highest BCUT2D eigenvalue weighted by atomic mass is 16.2. The Labute approximate surface area is 117 Å². The van der Waals surface area contributed by atoms with E-state index in [9.17, 15) is 4.79 Å². The van der Waals surface area contributed by atoms with Crippen LogP contribution < -0.4 is 16.2 Å². The monoisotopic (exact) mass is 271 g/mol. The van der Waals surface area contributed by atoms with Crippen molar-refractivity contribution in [2.24, 2.45) is 5.84 Å². The minimum atomic E-state index is -0.217. The summed E-state index contributed by atoms with van der Waals surface area (Å²) in [5.74, 6) is 5.40. The smallest absolute Gasteiger partial charge is 0.278 e. The maximum absolute atomic E-state index is 12.3. The van der Waals surface area contributed by atoms with E-state index < -0.39 is 0 Å². The number of hydrogen-bond donors (Lipinski definition) is 2. The standard InChI is InChI=1S/C14H17N5O/c1-3-10-4-6-11(7-5-10)19(2)14(20)12-8-17-13(18-15)9-16-12/h4-9H,3,15H2,1-2H3,(H,17,18). The van der Waals surface area contributed by atoms with Crippen molar-refractivity contribution in [2.75, 3.05) is 17.4 Å². The molecule has 1 aromatic heterocycles. The van der Waals surface area contributed by atoms with Crippen LogP contribution in [0.3, 0.4) is 0 Å². The van der Waals surface area contributed by atoms with Crippen molar-refractivity contribution >= 4 is 17.4 Å². The first-order valence-electron chi connectivity index (χ1n) is 6.31. The van der Waals surface area contributed by atoms with Gasteiger partial charge in [-0.3, -0.25) is 4.79 Å². The SMILES string of the molecule is CCc1ccc(N(C)C(=O)c2cnc(NN)cn2)cc1. The van der Waals surface area contributed by atoms with Gasteiger partial charge < -0.3 is 10.3 Å². The first kappa shape index (κ1) is 14.0. The number of carbonyl (C=O) groups excluding carboxylic acids is 1. The zero-order chi connectivity index (χ0) is 14.5. The van der Waals surface area contributed by atoms with E-state index in [0.717, 1.165) is 12.1 Å². The number of rotatable bonds is 4. The average Bonchev–Trinajstić information content (AvgIpc) is 2.53. The van der Waals surface area contributed by atoms with Gasteiger partial charge in [0, 0.05) is 12.7 Å². The summed E-state index contributed by atoms with van der Waals surface area (Å²) in [5, 5.41) is 0. The number of amides is 1. The van der Waals surface area contributed by atoms with Crippen LogP contribution in [0.4, 0.5) is 11.5 Å². The summed E-state index contributed by atoms with van der Waals surface area (Å²) in [5.41, 5.74) is 4.68. The van der Waals surface area contributed by atoms with Gasteiger partial charge in [0.05, 0.1) is 12.4 Å². The lowest BCUT2D eigenvalue weighted by Crippen LogP contribution is -2.27. The van der Waals surface area contributed by atoms with Crippen molar-refractivity contribution in [1.29, 1.82) is 0 Å². The molecule has 6 nitrogen and oxygen atoms in total. The first-order valence-corrected chi connectivity index (χ1v) is 6.31. The van der Waals surface area contributed by atoms with Crippen LogP contribution in [0.1, 0.15) is 23.0 Å². The third kappa shape index (κ3) is 2.92. The van der Waals surface area contributed by atoms with Gasteiger partial charge in [-0.15, -0.1) is 0 Å². The van der Waals surface area contributed by atoms with E-state index >= 15 is 0 Å². The highest BCUT2D eigenvalue weighted by Crippen LogP contribution is 2.16. The van der Waals surface area contributed by atoms with Crippen molar-refractivity contribution in [3.63, 3.8) is 0 Å². The summed E-state index contributed by atoms with van der Waals surface area (Å²) in [4.78, 5) is 21.8. The fraction of sp³-hybridized carbons (Fsp3) is 0.214. The number of nitrogens with zero attached hydrogens (tertiary/aromatic N) is 3. The summed E-state index contributed by atoms with van der Waals surface area (Å²) in [6.07, 6.45) is 3.78. The quantitative estimate of drug-likeness (QED) is 0.652. The van der Waals surface area contributed by atoms with Crippen molar-refractivity contribution in [2.45, 2.75) is 13.3 Å². The second-order valence-corrected chi connectivity index (χ2v) is 4.32. The molecule has 1 amide bonds. The summed E-state index contributed by atoms with van der Waals surface area (Å²) in [6.45, 7) is 2.09. The highest BCUT2D eigenvalue weighted by Gasteiger charge is 2.15. The number of hydrazine groups is 1. The number of anilines is 2. The zero-order valence-corrected chi connectivity index (χ0v) is 11.5. The van der Waals surface area contributed by atoms with E-state index in [0.29, 0.717) is 5.82 Å². The number of carbonyl (C=O) groups is 1. The zero-order valence-electron chi connectivity index (χ0n) is 11.5. The number of nitrogen functional groups attached to an aromatic ring is 1. The second kappa shape index (κ2) is 6.12. The van der Waals surface area contributed by atoms with E-state index in [2.05, 4.69) is 22.3 Å². The van der Waals surface area contributed by atoms with Crippen molar-refractivity contribution in [1.82, 2.24) is 9.97 Å². The first-order chi connectivity index (χ1) is 9.65. The summed E-state index contributed by atoms with van der Waals surface area (Å²) < 4.78 is 0. The van der Waals surface area contributed by atoms with Crippen LogP contribution >= 0.6 is 0 Å². The van der Waals surface area contributed by atoms with Gasteiger partial charge in [-0.25, -0.2) is 15.8 Å². The van der Waals surface area contributed by atoms with Crippen LogP contribution in [0.25, 0.3) is 0 Å². The van der Waals surface area contributed by atoms with E-state index in [4.69, 9.17) is 5.84 Å². The van der Waals surface area contributed by atoms with Gasteiger partial charge in [0.2, 0.25) is 0 Å². The third-order valence-electron chi connectivity index (χ3n) is 3.06. The van der Waals surface area contributed by atoms with Crippen molar-refractivity contribution in [3.8, 4) is 0 Å². The van der Waals surface area contributed by atoms with E-state index in [-0.39, 0.29) is 11.6 Å². The van der Waals surface area contributed by atoms with Crippen LogP contribution in [0.2, 0.25) is 0 Å². The summed E-state index contributed by atoms with van der Waals surface area (Å²) in [7, 11) is 1.71. The molecule has 0 aliphatic carbocycles. The largest absolute Gasteiger partial charge is 0.310 e. The van der Waals surface area contributed by atoms with Crippen LogP contribution in [-0.4, -0.2) is 22.9 Å². The normalized spacial score (nSPS) is 10.2. The molecule has 20 heavy (non-hydrogen) atoms. The minimum Gasteiger partial charge on any atom is -0.310 e. The van der Waals surface area contributed by atoms with Gasteiger partial charge in [0.25, 0.3) is 5.91 Å². The molecule has 0 bridgehead atoms. The maximum Gasteiger partial charge on any atom is 0.278 e. The number of nitrogens with two attached hydrogens (primary N) is 1. The molecule has 2 rings (SSSR count). The molecular weight excluding hydrogens is 254 g/mol. The van der Waals surface area contributed by atoms with Crippen molar-refractivity contribution < 1.29 is 4.79 Å². The number of aryl methyl sites for hydroxylation is 1. The van der Waals surface area contributed by atoms with E-state index in [1.807, 2.05) is 24.3 Å². The predicted octanol–water partition coefficient (Wildman–Crippen LogP) is 1.60. The van der Waals surface area contributed by atoms with E-state index in [1.54, 1.807) is 11.9 Å². The lowest BCUT2D eigenvalue weighted by molar-refractivity contribution is 0.0988. The molecule has 1 heterocycles. The van der Waals surface area contributed by atoms with Gasteiger partial charge in [-0.05, 0) is 24.1 Å². The topological polar surface area (TPSA) is 84.1 Å². The molecule has 1 aromatic carbocycles. The molecule has 6 heteroatoms. The molecular formula is C14H17N5O. The molecule has 0 atom stereocenters. The van der Waals surface area contributed by atoms with Gasteiger partial charge in [-0.2, -0.15) is 0 Å². The van der Waals surface area contributed by atoms with Gasteiger partial charge in [0.15, 0.2) is 5.82 Å². The molecule has 0 radical (unpaired) electrons. The molecule has 0 unspecified atom stereocenters. The Bertz CT molecular complexity index is 580. The molecule has 0 fully saturated rings. The Kier molecular flexibility index (Phi) is 4.27. The second-order valence-electron chi connectivity index (χ2n) is 4.32. The third-order valence-corrected chi connectivity index (χ3v) is 3.06. The minimum absolute atomic E-state index is 0.217. The van der Waals surface area contributed by atoms with Gasteiger partial charge >= 0.3 is 0 Å². The fourth-order valence-electron chi connectivity index (χ4n) is 1.76. The summed E-state index contributed by atoms with van der Waals surface area (Å²) in [6, 6.07) is 7.85. The molecule has 104 valence electrons. The van der Waals surface area contributed by atoms with Crippen LogP contribution in [0, 0.1) is 0 Å². The number of aromatic nitrogens is 2. The lowest BCUT2D eigenvalue weighted by atomic mass is 10.1. The Morgan fingerprint density at radius 3 is 2.45 bits per heavy atom. The van der Waals surface area contributed by atoms with E-state index in [1.165, 1.54) is 18.0 Å². The Hall–Kier alpha value is -2.47. The molecule has 0 spiro atoms. The fourth-order valence-corrected chi connectivity index (χ4v) is 1.76. The predicted molar refractivity (Wildman–Crippen MR) is 78.4 cm³/mol. The van der Waals surface area contributed by atoms with Gasteiger partial charge in [0.1, 0.15) is 5.69 Å². The summed E-state index contributed by atoms with van der Waals surface area (Å²) >= 11 is 0. The number of hydrogen-bond acceptors (Lipinski definition) is 5. The Morgan fingerprint density at radius 2 is 1.95 bits per heavy atom. The highest BCUT2D eigenvalue weighted by molar-refractivity contribution is 6.04. The molecule has 2 aromatic rings. The molecule has 0 saturated carbocycles. The lowest BCUT2D eigenvalue weighted by Gasteiger charge is -2.17. The van der Waals surface area contributed by atoms with Crippen molar-refractivity contribution in [3.05, 3.63) is 47.9 Å². The van der Waals surface area contributed by atoms with Crippen LogP contribution in [0.5, 0.6) is 0 Å². The average molecular weight is 271 g/mol. The Morgan fingerprint density at radius 1 is 1.25 bits per heavy atom. The maximum atomic E-state index is 12.3. The molecule has 0 aliphatic heterocycles. The van der Waals surface area contributed by atoms with Gasteiger partial charge in [-0.1, -0.05) is 19.1 Å². The molecule has 0 saturated heterocycles.